The summed E-state index contributed by atoms with van der Waals surface area (Å²) in [4.78, 5) is 33.8. The number of primary amides is 1. The summed E-state index contributed by atoms with van der Waals surface area (Å²) in [7, 11) is -4.15. The van der Waals surface area contributed by atoms with Crippen LogP contribution in [0.4, 0.5) is 40.9 Å². The Labute approximate surface area is 344 Å². The van der Waals surface area contributed by atoms with Gasteiger partial charge in [0.1, 0.15) is 41.4 Å². The Kier molecular flexibility index (Phi) is 9.53. The molecule has 3 heterocycles. The molecule has 4 atom stereocenters. The summed E-state index contributed by atoms with van der Waals surface area (Å²) in [6, 6.07) is 7.07. The third-order valence-corrected chi connectivity index (χ3v) is 12.3. The van der Waals surface area contributed by atoms with E-state index < -0.39 is 117 Å². The van der Waals surface area contributed by atoms with E-state index in [1.165, 1.54) is 18.2 Å². The van der Waals surface area contributed by atoms with Gasteiger partial charge in [0.2, 0.25) is 15.9 Å². The van der Waals surface area contributed by atoms with Crippen molar-refractivity contribution in [3.8, 4) is 5.69 Å². The van der Waals surface area contributed by atoms with E-state index in [0.717, 1.165) is 41.4 Å². The zero-order valence-corrected chi connectivity index (χ0v) is 33.0. The first-order valence-electron chi connectivity index (χ1n) is 18.8. The highest BCUT2D eigenvalue weighted by Gasteiger charge is 2.68. The van der Waals surface area contributed by atoms with E-state index in [0.29, 0.717) is 15.4 Å². The molecule has 6 aromatic rings. The Hall–Kier alpha value is -5.57. The van der Waals surface area contributed by atoms with Gasteiger partial charge in [-0.3, -0.25) is 23.6 Å². The van der Waals surface area contributed by atoms with Crippen LogP contribution in [0.3, 0.4) is 0 Å². The summed E-state index contributed by atoms with van der Waals surface area (Å²) in [5.74, 6) is -12.7. The number of hydrogen-bond acceptors (Lipinski definition) is 7. The van der Waals surface area contributed by atoms with Crippen LogP contribution in [0, 0.1) is 17.6 Å². The molecule has 1 unspecified atom stereocenters. The maximum Gasteiger partial charge on any atom is 0.293 e. The fourth-order valence-corrected chi connectivity index (χ4v) is 9.49. The van der Waals surface area contributed by atoms with Crippen molar-refractivity contribution < 1.29 is 48.3 Å². The zero-order chi connectivity index (χ0) is 43.6. The van der Waals surface area contributed by atoms with Gasteiger partial charge in [-0.05, 0) is 85.0 Å². The van der Waals surface area contributed by atoms with Crippen LogP contribution in [0.25, 0.3) is 27.5 Å². The number of sulfonamides is 1. The third-order valence-electron chi connectivity index (χ3n) is 11.4. The van der Waals surface area contributed by atoms with Crippen LogP contribution in [-0.2, 0) is 33.7 Å². The van der Waals surface area contributed by atoms with Gasteiger partial charge in [-0.1, -0.05) is 17.7 Å². The van der Waals surface area contributed by atoms with Crippen LogP contribution in [0.15, 0.2) is 53.3 Å². The molecule has 61 heavy (non-hydrogen) atoms. The second kappa shape index (κ2) is 14.2. The second-order valence-electron chi connectivity index (χ2n) is 15.6. The SMILES string of the molecule is CS(=O)(=O)Nc1nn(CC(F)F)c2c(-n3c([C@@H](Cc4cc(F)cc(F)c4)C(C(N)=O)n4nc(C(F)F)c5c4C(F)(F)[C@@H]4C[C@H]54)nc4cc(C5CC5)ccc4c3=O)ccc(Cl)c12. The number of carbonyl (C=O) groups is 1. The third kappa shape index (κ3) is 6.98. The Balaban J connectivity index is 1.40. The van der Waals surface area contributed by atoms with Gasteiger partial charge in [0, 0.05) is 17.5 Å². The molecule has 3 aromatic carbocycles. The lowest BCUT2D eigenvalue weighted by molar-refractivity contribution is -0.122. The van der Waals surface area contributed by atoms with Gasteiger partial charge in [-0.25, -0.2) is 44.4 Å². The molecule has 0 bridgehead atoms. The van der Waals surface area contributed by atoms with Gasteiger partial charge in [-0.15, -0.1) is 0 Å². The first-order valence-corrected chi connectivity index (χ1v) is 21.0. The lowest BCUT2D eigenvalue weighted by atomic mass is 9.89. The smallest absolute Gasteiger partial charge is 0.293 e. The maximum atomic E-state index is 16.2. The Morgan fingerprint density at radius 3 is 2.36 bits per heavy atom. The number of hydrogen-bond donors (Lipinski definition) is 2. The molecular weight excluding hydrogens is 864 g/mol. The predicted octanol–water partition coefficient (Wildman–Crippen LogP) is 7.58. The van der Waals surface area contributed by atoms with Crippen LogP contribution in [0.5, 0.6) is 0 Å². The van der Waals surface area contributed by atoms with E-state index in [1.807, 2.05) is 0 Å². The quantitative estimate of drug-likeness (QED) is 0.113. The molecule has 0 saturated heterocycles. The van der Waals surface area contributed by atoms with Crippen LogP contribution >= 0.6 is 11.6 Å². The average molecular weight is 895 g/mol. The topological polar surface area (TPSA) is 160 Å². The molecule has 320 valence electrons. The molecule has 3 aliphatic carbocycles. The summed E-state index contributed by atoms with van der Waals surface area (Å²) in [6.45, 7) is -1.19. The number of benzene rings is 3. The molecule has 2 saturated carbocycles. The van der Waals surface area contributed by atoms with Gasteiger partial charge < -0.3 is 5.73 Å². The molecule has 3 N–H and O–H groups in total. The highest BCUT2D eigenvalue weighted by molar-refractivity contribution is 7.92. The van der Waals surface area contributed by atoms with Gasteiger partial charge >= 0.3 is 0 Å². The molecular formula is C39H31ClF8N8O4S. The fourth-order valence-electron chi connectivity index (χ4n) is 8.76. The van der Waals surface area contributed by atoms with E-state index in [4.69, 9.17) is 22.3 Å². The summed E-state index contributed by atoms with van der Waals surface area (Å²) in [5.41, 5.74) is 2.37. The van der Waals surface area contributed by atoms with Gasteiger partial charge in [-0.2, -0.15) is 19.0 Å². The molecule has 3 aromatic heterocycles. The first-order chi connectivity index (χ1) is 28.7. The summed E-state index contributed by atoms with van der Waals surface area (Å²) >= 11 is 6.57. The zero-order valence-electron chi connectivity index (χ0n) is 31.4. The number of nitrogens with one attached hydrogen (secondary N) is 1. The molecule has 2 fully saturated rings. The van der Waals surface area contributed by atoms with E-state index in [-0.39, 0.29) is 50.4 Å². The average Bonchev–Trinajstić information content (AvgIpc) is 4.07. The normalized spacial score (nSPS) is 19.1. The number of aromatic nitrogens is 6. The van der Waals surface area contributed by atoms with Gasteiger partial charge in [0.25, 0.3) is 24.3 Å². The van der Waals surface area contributed by atoms with Crippen molar-refractivity contribution in [1.82, 2.24) is 29.1 Å². The van der Waals surface area contributed by atoms with Crippen molar-refractivity contribution in [2.45, 2.75) is 74.8 Å². The van der Waals surface area contributed by atoms with E-state index in [9.17, 15) is 39.6 Å². The minimum absolute atomic E-state index is 0.00411. The highest BCUT2D eigenvalue weighted by atomic mass is 35.5. The van der Waals surface area contributed by atoms with Crippen LogP contribution in [0.2, 0.25) is 5.02 Å². The summed E-state index contributed by atoms with van der Waals surface area (Å²) in [6.07, 6.45) is -5.00. The molecule has 0 spiro atoms. The molecule has 3 aliphatic rings. The summed E-state index contributed by atoms with van der Waals surface area (Å²) in [5, 5.41) is 7.34. The van der Waals surface area contributed by atoms with Crippen molar-refractivity contribution in [3.63, 3.8) is 0 Å². The lowest BCUT2D eigenvalue weighted by Gasteiger charge is -2.30. The summed E-state index contributed by atoms with van der Waals surface area (Å²) < 4.78 is 149. The van der Waals surface area contributed by atoms with Gasteiger partial charge in [0.15, 0.2) is 5.82 Å². The molecule has 0 aliphatic heterocycles. The van der Waals surface area contributed by atoms with E-state index in [2.05, 4.69) is 14.9 Å². The number of alkyl halides is 6. The Morgan fingerprint density at radius 2 is 1.74 bits per heavy atom. The van der Waals surface area contributed by atoms with Gasteiger partial charge in [0.05, 0.1) is 44.7 Å². The number of carbonyl (C=O) groups excluding carboxylic acids is 1. The largest absolute Gasteiger partial charge is 0.368 e. The van der Waals surface area contributed by atoms with Crippen LogP contribution in [0.1, 0.15) is 83.4 Å². The lowest BCUT2D eigenvalue weighted by Crippen LogP contribution is -2.39. The highest BCUT2D eigenvalue weighted by Crippen LogP contribution is 2.68. The standard InChI is InChI=1S/C39H31ClF8N8O4S/c1-61(59,60)53-36-29-24(40)6-7-26(32(29)54(52-36)14-27(43)44)55-37(50-25-11-17(16-2-3-16)4-5-20(25)38(55)58)22(10-15-8-18(41)12-19(42)9-15)31(35(49)57)56-33-28(30(51-56)34(45)46)21-13-23(21)39(33,47)48/h4-9,11-12,16,21-23,27,31,34H,2-3,10,13-14H2,1H3,(H2,49,57)(H,52,53)/t21-,22-,23+,31?/m0/s1. The minimum atomic E-state index is -4.15. The van der Waals surface area contributed by atoms with Crippen LogP contribution in [-0.4, -0.2) is 56.1 Å². The van der Waals surface area contributed by atoms with Crippen LogP contribution < -0.4 is 16.0 Å². The van der Waals surface area contributed by atoms with Crippen molar-refractivity contribution in [2.24, 2.45) is 11.7 Å². The molecule has 9 rings (SSSR count). The van der Waals surface area contributed by atoms with Crippen molar-refractivity contribution in [1.29, 1.82) is 0 Å². The number of anilines is 1. The monoisotopic (exact) mass is 894 g/mol. The Bertz CT molecular complexity index is 2990. The predicted molar refractivity (Wildman–Crippen MR) is 205 cm³/mol. The number of rotatable bonds is 13. The van der Waals surface area contributed by atoms with E-state index in [1.54, 1.807) is 12.1 Å². The maximum absolute atomic E-state index is 16.2. The number of halogens is 9. The van der Waals surface area contributed by atoms with Crippen molar-refractivity contribution in [3.05, 3.63) is 109 Å². The van der Waals surface area contributed by atoms with Crippen molar-refractivity contribution >= 4 is 55.2 Å². The molecule has 0 radical (unpaired) electrons. The molecule has 12 nitrogen and oxygen atoms in total. The molecule has 22 heteroatoms. The van der Waals surface area contributed by atoms with E-state index >= 15 is 13.6 Å². The fraction of sp³-hybridized carbons (Fsp3) is 0.359. The number of fused-ring (bicyclic) bond motifs is 5. The number of nitrogens with zero attached hydrogens (tertiary/aromatic N) is 6. The minimum Gasteiger partial charge on any atom is -0.368 e. The second-order valence-corrected chi connectivity index (χ2v) is 17.8. The number of amides is 1. The number of nitrogens with two attached hydrogens (primary N) is 1. The first kappa shape index (κ1) is 40.8. The Morgan fingerprint density at radius 1 is 1.03 bits per heavy atom. The molecule has 1 amide bonds. The van der Waals surface area contributed by atoms with Crippen molar-refractivity contribution in [2.75, 3.05) is 11.0 Å².